The number of thioether (sulfide) groups is 1. The lowest BCUT2D eigenvalue weighted by Gasteiger charge is -2.19. The lowest BCUT2D eigenvalue weighted by Crippen LogP contribution is -1.97. The molecule has 68 valence electrons. The highest BCUT2D eigenvalue weighted by Crippen LogP contribution is 2.40. The van der Waals surface area contributed by atoms with E-state index in [1.807, 2.05) is 11.8 Å². The molecule has 1 atom stereocenters. The molecule has 1 aromatic rings. The van der Waals surface area contributed by atoms with Crippen molar-refractivity contribution in [3.8, 4) is 0 Å². The van der Waals surface area contributed by atoms with Crippen LogP contribution in [0.4, 0.5) is 0 Å². The number of allylic oxidation sites excluding steroid dienone is 2. The highest BCUT2D eigenvalue weighted by molar-refractivity contribution is 9.10. The number of hydrogen-bond acceptors (Lipinski definition) is 1. The molecule has 1 unspecified atom stereocenters. The number of hydrogen-bond donors (Lipinski definition) is 0. The highest BCUT2D eigenvalue weighted by atomic mass is 79.9. The molecular weight excluding hydrogens is 244 g/mol. The van der Waals surface area contributed by atoms with Crippen LogP contribution in [-0.4, -0.2) is 0 Å². The van der Waals surface area contributed by atoms with Gasteiger partial charge < -0.3 is 0 Å². The molecule has 0 N–H and O–H groups in total. The van der Waals surface area contributed by atoms with Crippen LogP contribution in [0.5, 0.6) is 0 Å². The van der Waals surface area contributed by atoms with E-state index < -0.39 is 0 Å². The van der Waals surface area contributed by atoms with Crippen molar-refractivity contribution in [3.63, 3.8) is 0 Å². The van der Waals surface area contributed by atoms with E-state index in [1.165, 1.54) is 19.8 Å². The van der Waals surface area contributed by atoms with Gasteiger partial charge in [-0.2, -0.15) is 0 Å². The van der Waals surface area contributed by atoms with E-state index in [1.54, 1.807) is 0 Å². The first-order valence-electron chi connectivity index (χ1n) is 4.32. The molecule has 2 heteroatoms. The van der Waals surface area contributed by atoms with E-state index in [0.717, 1.165) is 0 Å². The van der Waals surface area contributed by atoms with Crippen molar-refractivity contribution in [2.75, 3.05) is 0 Å². The summed E-state index contributed by atoms with van der Waals surface area (Å²) >= 11 is 5.36. The maximum atomic E-state index is 3.50. The van der Waals surface area contributed by atoms with Crippen molar-refractivity contribution in [2.45, 2.75) is 24.7 Å². The minimum absolute atomic E-state index is 0.560. The lowest BCUT2D eigenvalue weighted by molar-refractivity contribution is 0.920. The summed E-state index contributed by atoms with van der Waals surface area (Å²) in [5.74, 6) is 0.560. The van der Waals surface area contributed by atoms with E-state index in [0.29, 0.717) is 5.92 Å². The summed E-state index contributed by atoms with van der Waals surface area (Å²) in [7, 11) is 0. The van der Waals surface area contributed by atoms with Gasteiger partial charge in [0.1, 0.15) is 0 Å². The molecule has 0 spiro atoms. The second kappa shape index (κ2) is 3.50. The minimum atomic E-state index is 0.560. The normalized spacial score (nSPS) is 20.8. The molecule has 1 aromatic carbocycles. The van der Waals surface area contributed by atoms with Gasteiger partial charge in [-0.15, -0.1) is 0 Å². The van der Waals surface area contributed by atoms with E-state index in [9.17, 15) is 0 Å². The van der Waals surface area contributed by atoms with Gasteiger partial charge in [0, 0.05) is 15.3 Å². The van der Waals surface area contributed by atoms with E-state index in [2.05, 4.69) is 54.1 Å². The van der Waals surface area contributed by atoms with Crippen LogP contribution in [-0.2, 0) is 0 Å². The number of halogens is 1. The molecule has 0 saturated carbocycles. The van der Waals surface area contributed by atoms with Gasteiger partial charge in [-0.05, 0) is 29.5 Å². The first-order chi connectivity index (χ1) is 6.16. The maximum Gasteiger partial charge on any atom is 0.0186 e. The van der Waals surface area contributed by atoms with Crippen molar-refractivity contribution in [3.05, 3.63) is 39.2 Å². The SMILES string of the molecule is CC1=CC(C)c2ccc(Br)cc2S1. The Hall–Kier alpha value is -0.210. The van der Waals surface area contributed by atoms with Gasteiger partial charge >= 0.3 is 0 Å². The quantitative estimate of drug-likeness (QED) is 0.654. The summed E-state index contributed by atoms with van der Waals surface area (Å²) in [5.41, 5.74) is 1.44. The minimum Gasteiger partial charge on any atom is -0.0948 e. The Morgan fingerprint density at radius 2 is 2.15 bits per heavy atom. The Balaban J connectivity index is 2.50. The number of rotatable bonds is 0. The summed E-state index contributed by atoms with van der Waals surface area (Å²) in [6.45, 7) is 4.42. The predicted octanol–water partition coefficient (Wildman–Crippen LogP) is 4.56. The summed E-state index contributed by atoms with van der Waals surface area (Å²) < 4.78 is 1.17. The monoisotopic (exact) mass is 254 g/mol. The zero-order valence-corrected chi connectivity index (χ0v) is 10.1. The summed E-state index contributed by atoms with van der Waals surface area (Å²) in [5, 5.41) is 0. The molecule has 0 fully saturated rings. The van der Waals surface area contributed by atoms with Crippen molar-refractivity contribution in [1.29, 1.82) is 0 Å². The van der Waals surface area contributed by atoms with Crippen molar-refractivity contribution < 1.29 is 0 Å². The van der Waals surface area contributed by atoms with Crippen molar-refractivity contribution in [1.82, 2.24) is 0 Å². The molecule has 0 saturated heterocycles. The fourth-order valence-electron chi connectivity index (χ4n) is 1.62. The molecule has 0 radical (unpaired) electrons. The van der Waals surface area contributed by atoms with Crippen LogP contribution in [0.1, 0.15) is 25.3 Å². The summed E-state index contributed by atoms with van der Waals surface area (Å²) in [6, 6.07) is 6.53. The van der Waals surface area contributed by atoms with Crippen LogP contribution >= 0.6 is 27.7 Å². The molecule has 2 rings (SSSR count). The zero-order valence-electron chi connectivity index (χ0n) is 7.67. The van der Waals surface area contributed by atoms with Crippen molar-refractivity contribution in [2.24, 2.45) is 0 Å². The van der Waals surface area contributed by atoms with Crippen LogP contribution < -0.4 is 0 Å². The van der Waals surface area contributed by atoms with Crippen LogP contribution in [0, 0.1) is 0 Å². The van der Waals surface area contributed by atoms with Crippen molar-refractivity contribution >= 4 is 27.7 Å². The van der Waals surface area contributed by atoms with Crippen LogP contribution in [0.2, 0.25) is 0 Å². The van der Waals surface area contributed by atoms with Crippen LogP contribution in [0.25, 0.3) is 0 Å². The largest absolute Gasteiger partial charge is 0.0948 e. The second-order valence-electron chi connectivity index (χ2n) is 3.35. The molecule has 0 bridgehead atoms. The molecule has 1 aliphatic heterocycles. The molecule has 1 aliphatic rings. The second-order valence-corrected chi connectivity index (χ2v) is 5.55. The Bertz CT molecular complexity index is 368. The first-order valence-corrected chi connectivity index (χ1v) is 5.93. The Labute approximate surface area is 91.6 Å². The first kappa shape index (κ1) is 9.35. The van der Waals surface area contributed by atoms with Crippen LogP contribution in [0.15, 0.2) is 38.5 Å². The Kier molecular flexibility index (Phi) is 2.52. The summed E-state index contributed by atoms with van der Waals surface area (Å²) in [4.78, 5) is 2.79. The number of fused-ring (bicyclic) bond motifs is 1. The lowest BCUT2D eigenvalue weighted by atomic mass is 10.0. The van der Waals surface area contributed by atoms with Crippen LogP contribution in [0.3, 0.4) is 0 Å². The Morgan fingerprint density at radius 1 is 1.38 bits per heavy atom. The molecule has 0 aliphatic carbocycles. The third-order valence-corrected chi connectivity index (χ3v) is 3.75. The molecule has 13 heavy (non-hydrogen) atoms. The third kappa shape index (κ3) is 1.84. The fraction of sp³-hybridized carbons (Fsp3) is 0.273. The standard InChI is InChI=1S/C11H11BrS/c1-7-5-8(2)13-11-6-9(12)3-4-10(7)11/h3-7H,1-2H3. The van der Waals surface area contributed by atoms with E-state index in [4.69, 9.17) is 0 Å². The maximum absolute atomic E-state index is 3.50. The molecule has 1 heterocycles. The zero-order chi connectivity index (χ0) is 9.42. The number of benzene rings is 1. The average molecular weight is 255 g/mol. The van der Waals surface area contributed by atoms with E-state index >= 15 is 0 Å². The molecule has 0 nitrogen and oxygen atoms in total. The van der Waals surface area contributed by atoms with Gasteiger partial charge in [0.2, 0.25) is 0 Å². The Morgan fingerprint density at radius 3 is 2.92 bits per heavy atom. The molecule has 0 aromatic heterocycles. The average Bonchev–Trinajstić information content (AvgIpc) is 2.02. The molecular formula is C11H11BrS. The van der Waals surface area contributed by atoms with Gasteiger partial charge in [-0.1, -0.05) is 46.8 Å². The topological polar surface area (TPSA) is 0 Å². The fourth-order valence-corrected chi connectivity index (χ4v) is 3.31. The van der Waals surface area contributed by atoms with Gasteiger partial charge in [0.15, 0.2) is 0 Å². The highest BCUT2D eigenvalue weighted by Gasteiger charge is 2.15. The predicted molar refractivity (Wildman–Crippen MR) is 62.2 cm³/mol. The summed E-state index contributed by atoms with van der Waals surface area (Å²) in [6.07, 6.45) is 2.32. The third-order valence-electron chi connectivity index (χ3n) is 2.22. The van der Waals surface area contributed by atoms with Gasteiger partial charge in [-0.3, -0.25) is 0 Å². The van der Waals surface area contributed by atoms with Gasteiger partial charge in [0.25, 0.3) is 0 Å². The molecule has 0 amide bonds. The van der Waals surface area contributed by atoms with Gasteiger partial charge in [0.05, 0.1) is 0 Å². The van der Waals surface area contributed by atoms with Gasteiger partial charge in [-0.25, -0.2) is 0 Å². The van der Waals surface area contributed by atoms with E-state index in [-0.39, 0.29) is 0 Å². The smallest absolute Gasteiger partial charge is 0.0186 e.